The first-order valence-electron chi connectivity index (χ1n) is 6.98. The molecule has 1 aliphatic rings. The Morgan fingerprint density at radius 3 is 2.68 bits per heavy atom. The number of halogens is 1. The molecular formula is C15H23FN2O. The lowest BCUT2D eigenvalue weighted by molar-refractivity contribution is 0.0692. The van der Waals surface area contributed by atoms with Gasteiger partial charge in [-0.15, -0.1) is 0 Å². The maximum absolute atomic E-state index is 13.8. The molecule has 19 heavy (non-hydrogen) atoms. The summed E-state index contributed by atoms with van der Waals surface area (Å²) in [4.78, 5) is 2.25. The molecule has 0 spiro atoms. The number of hydrogen-bond acceptors (Lipinski definition) is 3. The predicted octanol–water partition coefficient (Wildman–Crippen LogP) is 1.88. The molecule has 1 aromatic carbocycles. The van der Waals surface area contributed by atoms with Crippen LogP contribution in [0.25, 0.3) is 0 Å². The molecule has 1 heterocycles. The monoisotopic (exact) mass is 266 g/mol. The molecule has 3 nitrogen and oxygen atoms in total. The Hall–Kier alpha value is -0.970. The zero-order chi connectivity index (χ0) is 13.8. The van der Waals surface area contributed by atoms with E-state index in [0.717, 1.165) is 37.1 Å². The molecule has 1 saturated heterocycles. The van der Waals surface area contributed by atoms with Gasteiger partial charge in [0.05, 0.1) is 6.10 Å². The quantitative estimate of drug-likeness (QED) is 0.875. The lowest BCUT2D eigenvalue weighted by Gasteiger charge is -2.33. The summed E-state index contributed by atoms with van der Waals surface area (Å²) >= 11 is 0. The maximum atomic E-state index is 13.8. The molecule has 1 aliphatic heterocycles. The van der Waals surface area contributed by atoms with E-state index in [1.807, 2.05) is 13.0 Å². The van der Waals surface area contributed by atoms with Crippen LogP contribution in [0.1, 0.15) is 30.9 Å². The molecule has 1 fully saturated rings. The summed E-state index contributed by atoms with van der Waals surface area (Å²) in [7, 11) is 0. The van der Waals surface area contributed by atoms with Gasteiger partial charge in [-0.05, 0) is 50.4 Å². The van der Waals surface area contributed by atoms with Crippen LogP contribution in [0.3, 0.4) is 0 Å². The van der Waals surface area contributed by atoms with Crippen molar-refractivity contribution in [2.24, 2.45) is 11.7 Å². The summed E-state index contributed by atoms with van der Waals surface area (Å²) in [6.07, 6.45) is 1.73. The van der Waals surface area contributed by atoms with Crippen molar-refractivity contribution < 1.29 is 9.50 Å². The number of rotatable bonds is 4. The van der Waals surface area contributed by atoms with Gasteiger partial charge in [0.15, 0.2) is 0 Å². The second kappa shape index (κ2) is 6.46. The van der Waals surface area contributed by atoms with Crippen molar-refractivity contribution in [3.05, 3.63) is 35.1 Å². The third-order valence-electron chi connectivity index (χ3n) is 4.05. The van der Waals surface area contributed by atoms with Crippen LogP contribution in [-0.2, 0) is 13.1 Å². The molecule has 0 amide bonds. The minimum absolute atomic E-state index is 0.158. The summed E-state index contributed by atoms with van der Waals surface area (Å²) in [5, 5.41) is 9.57. The van der Waals surface area contributed by atoms with Crippen molar-refractivity contribution >= 4 is 0 Å². The fraction of sp³-hybridized carbons (Fsp3) is 0.600. The zero-order valence-corrected chi connectivity index (χ0v) is 11.5. The summed E-state index contributed by atoms with van der Waals surface area (Å²) in [5.41, 5.74) is 7.28. The summed E-state index contributed by atoms with van der Waals surface area (Å²) in [5.74, 6) is 0.228. The first-order valence-corrected chi connectivity index (χ1v) is 6.98. The number of nitrogens with two attached hydrogens (primary N) is 1. The van der Waals surface area contributed by atoms with E-state index in [9.17, 15) is 9.50 Å². The average Bonchev–Trinajstić information content (AvgIpc) is 2.42. The van der Waals surface area contributed by atoms with E-state index < -0.39 is 0 Å². The SMILES string of the molecule is CC(O)C1CCN(Cc2cc(CN)ccc2F)CC1. The van der Waals surface area contributed by atoms with Crippen LogP contribution in [0, 0.1) is 11.7 Å². The van der Waals surface area contributed by atoms with Crippen LogP contribution in [0.5, 0.6) is 0 Å². The Morgan fingerprint density at radius 2 is 2.11 bits per heavy atom. The van der Waals surface area contributed by atoms with Crippen molar-refractivity contribution in [2.45, 2.75) is 39.0 Å². The maximum Gasteiger partial charge on any atom is 0.127 e. The van der Waals surface area contributed by atoms with Gasteiger partial charge in [-0.25, -0.2) is 4.39 Å². The van der Waals surface area contributed by atoms with Gasteiger partial charge in [-0.1, -0.05) is 12.1 Å². The van der Waals surface area contributed by atoms with Gasteiger partial charge in [-0.2, -0.15) is 0 Å². The third kappa shape index (κ3) is 3.75. The Bertz CT molecular complexity index is 415. The van der Waals surface area contributed by atoms with Gasteiger partial charge in [0.2, 0.25) is 0 Å². The Kier molecular flexibility index (Phi) is 4.91. The van der Waals surface area contributed by atoms with Crippen molar-refractivity contribution in [3.63, 3.8) is 0 Å². The molecule has 1 atom stereocenters. The van der Waals surface area contributed by atoms with Crippen LogP contribution in [0.4, 0.5) is 4.39 Å². The molecular weight excluding hydrogens is 243 g/mol. The Labute approximate surface area is 114 Å². The van der Waals surface area contributed by atoms with E-state index in [4.69, 9.17) is 5.73 Å². The number of likely N-dealkylation sites (tertiary alicyclic amines) is 1. The lowest BCUT2D eigenvalue weighted by atomic mass is 9.92. The standard InChI is InChI=1S/C15H23FN2O/c1-11(19)13-4-6-18(7-5-13)10-14-8-12(9-17)2-3-15(14)16/h2-3,8,11,13,19H,4-7,9-10,17H2,1H3. The molecule has 2 rings (SSSR count). The van der Waals surface area contributed by atoms with Crippen LogP contribution >= 0.6 is 0 Å². The average molecular weight is 266 g/mol. The topological polar surface area (TPSA) is 49.5 Å². The van der Waals surface area contributed by atoms with Gasteiger partial charge in [0.1, 0.15) is 5.82 Å². The smallest absolute Gasteiger partial charge is 0.127 e. The highest BCUT2D eigenvalue weighted by Gasteiger charge is 2.23. The molecule has 0 bridgehead atoms. The van der Waals surface area contributed by atoms with Crippen LogP contribution in [-0.4, -0.2) is 29.2 Å². The number of aliphatic hydroxyl groups is 1. The second-order valence-corrected chi connectivity index (χ2v) is 5.48. The lowest BCUT2D eigenvalue weighted by Crippen LogP contribution is -2.36. The third-order valence-corrected chi connectivity index (χ3v) is 4.05. The zero-order valence-electron chi connectivity index (χ0n) is 11.5. The molecule has 106 valence electrons. The van der Waals surface area contributed by atoms with E-state index >= 15 is 0 Å². The van der Waals surface area contributed by atoms with Crippen LogP contribution in [0.15, 0.2) is 18.2 Å². The van der Waals surface area contributed by atoms with Crippen molar-refractivity contribution in [1.82, 2.24) is 4.90 Å². The number of hydrogen-bond donors (Lipinski definition) is 2. The van der Waals surface area contributed by atoms with Crippen molar-refractivity contribution in [2.75, 3.05) is 13.1 Å². The fourth-order valence-corrected chi connectivity index (χ4v) is 2.71. The van der Waals surface area contributed by atoms with E-state index in [0.29, 0.717) is 19.0 Å². The summed E-state index contributed by atoms with van der Waals surface area (Å²) < 4.78 is 13.8. The molecule has 1 unspecified atom stereocenters. The number of nitrogens with zero attached hydrogens (tertiary/aromatic N) is 1. The van der Waals surface area contributed by atoms with Crippen LogP contribution in [0.2, 0.25) is 0 Å². The summed E-state index contributed by atoms with van der Waals surface area (Å²) in [6, 6.07) is 5.09. The second-order valence-electron chi connectivity index (χ2n) is 5.48. The van der Waals surface area contributed by atoms with Gasteiger partial charge >= 0.3 is 0 Å². The normalized spacial score (nSPS) is 19.6. The molecule has 1 aromatic rings. The fourth-order valence-electron chi connectivity index (χ4n) is 2.71. The van der Waals surface area contributed by atoms with Gasteiger partial charge in [0.25, 0.3) is 0 Å². The predicted molar refractivity (Wildman–Crippen MR) is 74.0 cm³/mol. The van der Waals surface area contributed by atoms with Gasteiger partial charge in [0, 0.05) is 18.7 Å². The molecule has 0 aliphatic carbocycles. The highest BCUT2D eigenvalue weighted by atomic mass is 19.1. The highest BCUT2D eigenvalue weighted by molar-refractivity contribution is 5.25. The Balaban J connectivity index is 1.95. The first-order chi connectivity index (χ1) is 9.10. The van der Waals surface area contributed by atoms with E-state index in [1.54, 1.807) is 6.07 Å². The van der Waals surface area contributed by atoms with Crippen molar-refractivity contribution in [1.29, 1.82) is 0 Å². The first kappa shape index (κ1) is 14.4. The number of piperidine rings is 1. The highest BCUT2D eigenvalue weighted by Crippen LogP contribution is 2.22. The minimum atomic E-state index is -0.237. The Morgan fingerprint density at radius 1 is 1.42 bits per heavy atom. The number of aliphatic hydroxyl groups excluding tert-OH is 1. The van der Waals surface area contributed by atoms with Gasteiger partial charge in [-0.3, -0.25) is 4.90 Å². The van der Waals surface area contributed by atoms with E-state index in [2.05, 4.69) is 4.90 Å². The van der Waals surface area contributed by atoms with Gasteiger partial charge < -0.3 is 10.8 Å². The number of benzene rings is 1. The van der Waals surface area contributed by atoms with Crippen LogP contribution < -0.4 is 5.73 Å². The molecule has 4 heteroatoms. The summed E-state index contributed by atoms with van der Waals surface area (Å²) in [6.45, 7) is 4.76. The molecule has 3 N–H and O–H groups in total. The molecule has 0 radical (unpaired) electrons. The van der Waals surface area contributed by atoms with E-state index in [1.165, 1.54) is 6.07 Å². The largest absolute Gasteiger partial charge is 0.393 e. The van der Waals surface area contributed by atoms with E-state index in [-0.39, 0.29) is 11.9 Å². The molecule has 0 saturated carbocycles. The minimum Gasteiger partial charge on any atom is -0.393 e. The molecule has 0 aromatic heterocycles. The van der Waals surface area contributed by atoms with Crippen molar-refractivity contribution in [3.8, 4) is 0 Å².